The molecule has 3 rings (SSSR count). The molecule has 0 saturated carbocycles. The Balaban J connectivity index is 1.69. The Morgan fingerprint density at radius 3 is 2.59 bits per heavy atom. The van der Waals surface area contributed by atoms with Crippen molar-refractivity contribution in [1.82, 2.24) is 0 Å². The molecule has 0 aliphatic carbocycles. The van der Waals surface area contributed by atoms with Crippen LogP contribution < -0.4 is 10.1 Å². The maximum absolute atomic E-state index is 12.2. The van der Waals surface area contributed by atoms with Crippen LogP contribution in [0.1, 0.15) is 16.7 Å². The van der Waals surface area contributed by atoms with Crippen LogP contribution in [0.25, 0.3) is 11.3 Å². The number of benzene rings is 2. The highest BCUT2D eigenvalue weighted by molar-refractivity contribution is 6.31. The number of nitrogens with zero attached hydrogens (tertiary/aromatic N) is 1. The second kappa shape index (κ2) is 7.98. The highest BCUT2D eigenvalue weighted by atomic mass is 35.5. The molecule has 0 atom stereocenters. The summed E-state index contributed by atoms with van der Waals surface area (Å²) in [6.45, 7) is 3.62. The molecular formula is C21H17ClN2O3. The fourth-order valence-corrected chi connectivity index (χ4v) is 2.56. The third-order valence-electron chi connectivity index (χ3n) is 3.94. The quantitative estimate of drug-likeness (QED) is 0.667. The first-order valence-corrected chi connectivity index (χ1v) is 8.64. The molecule has 0 radical (unpaired) electrons. The number of hydrogen-bond acceptors (Lipinski definition) is 4. The molecule has 6 heteroatoms. The maximum Gasteiger partial charge on any atom is 0.264 e. The van der Waals surface area contributed by atoms with Crippen LogP contribution in [0.15, 0.2) is 52.9 Å². The minimum Gasteiger partial charge on any atom is -0.484 e. The van der Waals surface area contributed by atoms with E-state index in [1.807, 2.05) is 44.2 Å². The van der Waals surface area contributed by atoms with E-state index < -0.39 is 5.91 Å². The number of anilines is 1. The number of rotatable bonds is 5. The minimum atomic E-state index is -0.427. The lowest BCUT2D eigenvalue weighted by molar-refractivity contribution is -0.118. The molecule has 1 aromatic heterocycles. The van der Waals surface area contributed by atoms with Gasteiger partial charge in [-0.2, -0.15) is 5.26 Å². The summed E-state index contributed by atoms with van der Waals surface area (Å²) >= 11 is 5.97. The second-order valence-corrected chi connectivity index (χ2v) is 6.49. The predicted molar refractivity (Wildman–Crippen MR) is 104 cm³/mol. The van der Waals surface area contributed by atoms with Crippen molar-refractivity contribution in [3.8, 4) is 23.1 Å². The molecule has 1 heterocycles. The van der Waals surface area contributed by atoms with E-state index >= 15 is 0 Å². The molecule has 27 heavy (non-hydrogen) atoms. The van der Waals surface area contributed by atoms with Crippen molar-refractivity contribution in [1.29, 1.82) is 5.26 Å². The standard InChI is InChI=1S/C21H17ClN2O3/c1-13-3-5-15(6-4-13)19-10-16(11-23)21(27-19)24-20(25)12-26-17-7-8-18(22)14(2)9-17/h3-10H,12H2,1-2H3,(H,24,25). The number of hydrogen-bond donors (Lipinski definition) is 1. The van der Waals surface area contributed by atoms with Crippen molar-refractivity contribution >= 4 is 23.4 Å². The van der Waals surface area contributed by atoms with Gasteiger partial charge in [0.15, 0.2) is 6.61 Å². The summed E-state index contributed by atoms with van der Waals surface area (Å²) in [5.74, 6) is 0.723. The number of amides is 1. The van der Waals surface area contributed by atoms with Crippen molar-refractivity contribution in [3.63, 3.8) is 0 Å². The first kappa shape index (κ1) is 18.6. The van der Waals surface area contributed by atoms with Crippen LogP contribution in [0.2, 0.25) is 5.02 Å². The minimum absolute atomic E-state index is 0.106. The van der Waals surface area contributed by atoms with E-state index in [9.17, 15) is 10.1 Å². The molecule has 5 nitrogen and oxygen atoms in total. The van der Waals surface area contributed by atoms with Crippen LogP contribution in [0, 0.1) is 25.2 Å². The topological polar surface area (TPSA) is 75.3 Å². The molecule has 0 aliphatic heterocycles. The Morgan fingerprint density at radius 2 is 1.93 bits per heavy atom. The first-order valence-electron chi connectivity index (χ1n) is 8.26. The number of halogens is 1. The normalized spacial score (nSPS) is 10.3. The second-order valence-electron chi connectivity index (χ2n) is 6.08. The van der Waals surface area contributed by atoms with Crippen molar-refractivity contribution in [3.05, 3.63) is 70.2 Å². The lowest BCUT2D eigenvalue weighted by atomic mass is 10.1. The zero-order valence-corrected chi connectivity index (χ0v) is 15.6. The van der Waals surface area contributed by atoms with E-state index in [4.69, 9.17) is 20.8 Å². The van der Waals surface area contributed by atoms with E-state index in [2.05, 4.69) is 5.32 Å². The highest BCUT2D eigenvalue weighted by Gasteiger charge is 2.15. The number of nitriles is 1. The zero-order valence-electron chi connectivity index (χ0n) is 14.9. The van der Waals surface area contributed by atoms with Gasteiger partial charge in [-0.1, -0.05) is 41.4 Å². The van der Waals surface area contributed by atoms with Gasteiger partial charge in [0, 0.05) is 16.7 Å². The molecule has 0 saturated heterocycles. The zero-order chi connectivity index (χ0) is 19.4. The monoisotopic (exact) mass is 380 g/mol. The third kappa shape index (κ3) is 4.49. The fraction of sp³-hybridized carbons (Fsp3) is 0.143. The number of carbonyl (C=O) groups is 1. The summed E-state index contributed by atoms with van der Waals surface area (Å²) in [7, 11) is 0. The van der Waals surface area contributed by atoms with Crippen LogP contribution in [0.3, 0.4) is 0 Å². The smallest absolute Gasteiger partial charge is 0.264 e. The molecule has 0 fully saturated rings. The molecule has 1 amide bonds. The van der Waals surface area contributed by atoms with Gasteiger partial charge in [0.25, 0.3) is 5.91 Å². The molecule has 1 N–H and O–H groups in total. The molecule has 0 aliphatic rings. The van der Waals surface area contributed by atoms with Gasteiger partial charge in [-0.15, -0.1) is 0 Å². The average molecular weight is 381 g/mol. The molecule has 2 aromatic carbocycles. The van der Waals surface area contributed by atoms with Crippen LogP contribution >= 0.6 is 11.6 Å². The Labute approximate surface area is 162 Å². The van der Waals surface area contributed by atoms with E-state index in [1.54, 1.807) is 24.3 Å². The van der Waals surface area contributed by atoms with Crippen LogP contribution in [-0.2, 0) is 4.79 Å². The van der Waals surface area contributed by atoms with Crippen molar-refractivity contribution < 1.29 is 13.9 Å². The fourth-order valence-electron chi connectivity index (χ4n) is 2.45. The van der Waals surface area contributed by atoms with Gasteiger partial charge in [-0.25, -0.2) is 0 Å². The number of nitrogens with one attached hydrogen (secondary N) is 1. The maximum atomic E-state index is 12.2. The summed E-state index contributed by atoms with van der Waals surface area (Å²) < 4.78 is 11.1. The first-order chi connectivity index (χ1) is 13.0. The number of ether oxygens (including phenoxy) is 1. The van der Waals surface area contributed by atoms with Gasteiger partial charge in [0.2, 0.25) is 5.88 Å². The van der Waals surface area contributed by atoms with Crippen LogP contribution in [-0.4, -0.2) is 12.5 Å². The van der Waals surface area contributed by atoms with Crippen LogP contribution in [0.5, 0.6) is 5.75 Å². The SMILES string of the molecule is Cc1ccc(-c2cc(C#N)c(NC(=O)COc3ccc(Cl)c(C)c3)o2)cc1. The largest absolute Gasteiger partial charge is 0.484 e. The predicted octanol–water partition coefficient (Wildman–Crippen LogP) is 5.11. The molecule has 0 bridgehead atoms. The number of aryl methyl sites for hydroxylation is 2. The van der Waals surface area contributed by atoms with E-state index in [-0.39, 0.29) is 18.1 Å². The molecule has 0 spiro atoms. The average Bonchev–Trinajstić information content (AvgIpc) is 3.06. The summed E-state index contributed by atoms with van der Waals surface area (Å²) in [6.07, 6.45) is 0. The van der Waals surface area contributed by atoms with Gasteiger partial charge in [-0.05, 0) is 37.6 Å². The van der Waals surface area contributed by atoms with Crippen molar-refractivity contribution in [2.24, 2.45) is 0 Å². The third-order valence-corrected chi connectivity index (χ3v) is 4.36. The lowest BCUT2D eigenvalue weighted by Gasteiger charge is -2.07. The van der Waals surface area contributed by atoms with E-state index in [0.29, 0.717) is 16.5 Å². The van der Waals surface area contributed by atoms with Gasteiger partial charge in [-0.3, -0.25) is 10.1 Å². The molecule has 0 unspecified atom stereocenters. The van der Waals surface area contributed by atoms with Crippen LogP contribution in [0.4, 0.5) is 5.88 Å². The van der Waals surface area contributed by atoms with E-state index in [0.717, 1.165) is 16.7 Å². The van der Waals surface area contributed by atoms with Crippen molar-refractivity contribution in [2.75, 3.05) is 11.9 Å². The van der Waals surface area contributed by atoms with Gasteiger partial charge in [0.05, 0.1) is 0 Å². The van der Waals surface area contributed by atoms with Crippen molar-refractivity contribution in [2.45, 2.75) is 13.8 Å². The molecule has 3 aromatic rings. The Bertz CT molecular complexity index is 1020. The Hall–Kier alpha value is -3.23. The summed E-state index contributed by atoms with van der Waals surface area (Å²) in [5.41, 5.74) is 3.05. The summed E-state index contributed by atoms with van der Waals surface area (Å²) in [5, 5.41) is 12.5. The Kier molecular flexibility index (Phi) is 5.49. The van der Waals surface area contributed by atoms with Gasteiger partial charge >= 0.3 is 0 Å². The summed E-state index contributed by atoms with van der Waals surface area (Å²) in [6, 6.07) is 16.5. The van der Waals surface area contributed by atoms with E-state index in [1.165, 1.54) is 0 Å². The molecule has 136 valence electrons. The lowest BCUT2D eigenvalue weighted by Crippen LogP contribution is -2.20. The van der Waals surface area contributed by atoms with Gasteiger partial charge < -0.3 is 9.15 Å². The highest BCUT2D eigenvalue weighted by Crippen LogP contribution is 2.29. The number of carbonyl (C=O) groups excluding carboxylic acids is 1. The Morgan fingerprint density at radius 1 is 1.19 bits per heavy atom. The number of furan rings is 1. The summed E-state index contributed by atoms with van der Waals surface area (Å²) in [4.78, 5) is 12.2. The van der Waals surface area contributed by atoms with Gasteiger partial charge in [0.1, 0.15) is 23.1 Å². The molecular weight excluding hydrogens is 364 g/mol.